The predicted molar refractivity (Wildman–Crippen MR) is 98.5 cm³/mol. The van der Waals surface area contributed by atoms with Crippen molar-refractivity contribution in [1.29, 1.82) is 0 Å². The Morgan fingerprint density at radius 2 is 1.79 bits per heavy atom. The molecule has 0 spiro atoms. The molecule has 0 unspecified atom stereocenters. The van der Waals surface area contributed by atoms with Gasteiger partial charge in [0.1, 0.15) is 11.5 Å². The minimum Gasteiger partial charge on any atom is -0.495 e. The van der Waals surface area contributed by atoms with E-state index in [0.717, 1.165) is 24.3 Å². The third kappa shape index (κ3) is 4.91. The minimum atomic E-state index is -4.84. The van der Waals surface area contributed by atoms with Crippen LogP contribution in [0.15, 0.2) is 47.4 Å². The summed E-state index contributed by atoms with van der Waals surface area (Å²) in [6.07, 6.45) is -3.82. The number of sulfonamides is 1. The molecule has 0 radical (unpaired) electrons. The number of benzene rings is 2. The van der Waals surface area contributed by atoms with Crippen LogP contribution in [0.1, 0.15) is 12.8 Å². The zero-order valence-corrected chi connectivity index (χ0v) is 16.0. The molecule has 1 aliphatic rings. The largest absolute Gasteiger partial charge is 0.573 e. The quantitative estimate of drug-likeness (QED) is 0.758. The Bertz CT molecular complexity index is 1010. The van der Waals surface area contributed by atoms with E-state index in [1.54, 1.807) is 0 Å². The normalized spacial score (nSPS) is 14.8. The fourth-order valence-corrected chi connectivity index (χ4v) is 3.97. The SMILES string of the molecule is COc1ccc(S(=O)(=O)Nc2ccc(OC(F)(F)F)cc2)cc1N1CCCC1=O. The predicted octanol–water partition coefficient (Wildman–Crippen LogP) is 3.52. The number of carbonyl (C=O) groups is 1. The van der Waals surface area contributed by atoms with Crippen LogP contribution in [0.4, 0.5) is 24.5 Å². The maximum Gasteiger partial charge on any atom is 0.573 e. The first kappa shape index (κ1) is 20.8. The monoisotopic (exact) mass is 430 g/mol. The van der Waals surface area contributed by atoms with E-state index in [1.807, 2.05) is 0 Å². The average molecular weight is 430 g/mol. The van der Waals surface area contributed by atoms with E-state index >= 15 is 0 Å². The summed E-state index contributed by atoms with van der Waals surface area (Å²) in [5.74, 6) is -0.251. The fraction of sp³-hybridized carbons (Fsp3) is 0.278. The zero-order chi connectivity index (χ0) is 21.2. The van der Waals surface area contributed by atoms with Gasteiger partial charge in [0.05, 0.1) is 17.7 Å². The van der Waals surface area contributed by atoms with Crippen molar-refractivity contribution in [1.82, 2.24) is 0 Å². The molecule has 0 atom stereocenters. The molecule has 1 saturated heterocycles. The summed E-state index contributed by atoms with van der Waals surface area (Å²) >= 11 is 0. The lowest BCUT2D eigenvalue weighted by Crippen LogP contribution is -2.24. The smallest absolute Gasteiger partial charge is 0.495 e. The van der Waals surface area contributed by atoms with Gasteiger partial charge in [0.2, 0.25) is 5.91 Å². The molecular formula is C18H17F3N2O5S. The minimum absolute atomic E-state index is 0.0501. The van der Waals surface area contributed by atoms with E-state index in [9.17, 15) is 26.4 Å². The number of halogens is 3. The summed E-state index contributed by atoms with van der Waals surface area (Å²) in [7, 11) is -2.65. The highest BCUT2D eigenvalue weighted by atomic mass is 32.2. The molecule has 2 aromatic rings. The molecular weight excluding hydrogens is 413 g/mol. The Kier molecular flexibility index (Phi) is 5.60. The fourth-order valence-electron chi connectivity index (χ4n) is 2.89. The molecule has 29 heavy (non-hydrogen) atoms. The Balaban J connectivity index is 1.85. The van der Waals surface area contributed by atoms with Crippen molar-refractivity contribution < 1.29 is 35.9 Å². The Hall–Kier alpha value is -2.95. The molecule has 11 heteroatoms. The van der Waals surface area contributed by atoms with Crippen LogP contribution in [-0.4, -0.2) is 34.3 Å². The molecule has 1 fully saturated rings. The Morgan fingerprint density at radius 1 is 1.10 bits per heavy atom. The van der Waals surface area contributed by atoms with Crippen molar-refractivity contribution in [3.05, 3.63) is 42.5 Å². The molecule has 0 aromatic heterocycles. The molecule has 2 aromatic carbocycles. The van der Waals surface area contributed by atoms with Crippen molar-refractivity contribution in [3.63, 3.8) is 0 Å². The van der Waals surface area contributed by atoms with Gasteiger partial charge >= 0.3 is 6.36 Å². The molecule has 0 aliphatic carbocycles. The molecule has 0 bridgehead atoms. The van der Waals surface area contributed by atoms with Gasteiger partial charge in [-0.3, -0.25) is 9.52 Å². The lowest BCUT2D eigenvalue weighted by Gasteiger charge is -2.20. The third-order valence-corrected chi connectivity index (χ3v) is 5.54. The number of alkyl halides is 3. The first-order valence-corrected chi connectivity index (χ1v) is 9.94. The van der Waals surface area contributed by atoms with E-state index in [1.165, 1.54) is 30.2 Å². The van der Waals surface area contributed by atoms with Crippen molar-refractivity contribution >= 4 is 27.3 Å². The van der Waals surface area contributed by atoms with Gasteiger partial charge < -0.3 is 14.4 Å². The summed E-state index contributed by atoms with van der Waals surface area (Å²) < 4.78 is 73.3. The highest BCUT2D eigenvalue weighted by molar-refractivity contribution is 7.92. The van der Waals surface area contributed by atoms with Crippen LogP contribution in [0.3, 0.4) is 0 Å². The van der Waals surface area contributed by atoms with Gasteiger partial charge in [-0.25, -0.2) is 8.42 Å². The number of ether oxygens (including phenoxy) is 2. The van der Waals surface area contributed by atoms with E-state index < -0.39 is 22.1 Å². The second-order valence-corrected chi connectivity index (χ2v) is 7.84. The number of anilines is 2. The van der Waals surface area contributed by atoms with E-state index in [-0.39, 0.29) is 16.5 Å². The molecule has 1 aliphatic heterocycles. The number of rotatable bonds is 6. The van der Waals surface area contributed by atoms with Gasteiger partial charge in [-0.15, -0.1) is 13.2 Å². The van der Waals surface area contributed by atoms with E-state index in [0.29, 0.717) is 30.8 Å². The Morgan fingerprint density at radius 3 is 2.34 bits per heavy atom. The lowest BCUT2D eigenvalue weighted by atomic mass is 10.2. The number of hydrogen-bond donors (Lipinski definition) is 1. The number of methoxy groups -OCH3 is 1. The summed E-state index contributed by atoms with van der Waals surface area (Å²) in [5.41, 5.74) is 0.390. The van der Waals surface area contributed by atoms with Crippen LogP contribution in [0.2, 0.25) is 0 Å². The summed E-state index contributed by atoms with van der Waals surface area (Å²) in [6.45, 7) is 0.451. The maximum absolute atomic E-state index is 12.7. The standard InChI is InChI=1S/C18H17F3N2O5S/c1-27-16-9-8-14(11-15(16)23-10-2-3-17(23)24)29(25,26)22-12-4-6-13(7-5-12)28-18(19,20)21/h4-9,11,22H,2-3,10H2,1H3. The van der Waals surface area contributed by atoms with Gasteiger partial charge in [0.25, 0.3) is 10.0 Å². The number of nitrogens with zero attached hydrogens (tertiary/aromatic N) is 1. The highest BCUT2D eigenvalue weighted by Gasteiger charge is 2.31. The van der Waals surface area contributed by atoms with E-state index in [2.05, 4.69) is 9.46 Å². The van der Waals surface area contributed by atoms with Gasteiger partial charge in [-0.05, 0) is 48.9 Å². The van der Waals surface area contributed by atoms with Crippen LogP contribution in [-0.2, 0) is 14.8 Å². The summed E-state index contributed by atoms with van der Waals surface area (Å²) in [4.78, 5) is 13.4. The number of amides is 1. The molecule has 1 heterocycles. The first-order chi connectivity index (χ1) is 13.6. The zero-order valence-electron chi connectivity index (χ0n) is 15.2. The lowest BCUT2D eigenvalue weighted by molar-refractivity contribution is -0.274. The number of carbonyl (C=O) groups excluding carboxylic acids is 1. The van der Waals surface area contributed by atoms with Crippen molar-refractivity contribution in [2.24, 2.45) is 0 Å². The summed E-state index contributed by atoms with van der Waals surface area (Å²) in [5, 5.41) is 0. The first-order valence-electron chi connectivity index (χ1n) is 8.46. The van der Waals surface area contributed by atoms with Gasteiger partial charge in [0, 0.05) is 18.7 Å². The number of hydrogen-bond acceptors (Lipinski definition) is 5. The molecule has 3 rings (SSSR count). The van der Waals surface area contributed by atoms with Crippen LogP contribution >= 0.6 is 0 Å². The molecule has 1 N–H and O–H groups in total. The van der Waals surface area contributed by atoms with Gasteiger partial charge in [-0.2, -0.15) is 0 Å². The molecule has 0 saturated carbocycles. The van der Waals surface area contributed by atoms with Crippen molar-refractivity contribution in [2.75, 3.05) is 23.3 Å². The molecule has 7 nitrogen and oxygen atoms in total. The maximum atomic E-state index is 12.7. The highest BCUT2D eigenvalue weighted by Crippen LogP contribution is 2.34. The van der Waals surface area contributed by atoms with Gasteiger partial charge in [-0.1, -0.05) is 0 Å². The van der Waals surface area contributed by atoms with Crippen LogP contribution < -0.4 is 19.1 Å². The van der Waals surface area contributed by atoms with Crippen LogP contribution in [0.5, 0.6) is 11.5 Å². The molecule has 1 amide bonds. The van der Waals surface area contributed by atoms with Crippen molar-refractivity contribution in [2.45, 2.75) is 24.1 Å². The van der Waals surface area contributed by atoms with Crippen LogP contribution in [0.25, 0.3) is 0 Å². The topological polar surface area (TPSA) is 84.9 Å². The Labute approximate surface area is 165 Å². The second kappa shape index (κ2) is 7.82. The second-order valence-electron chi connectivity index (χ2n) is 6.16. The average Bonchev–Trinajstić information content (AvgIpc) is 3.07. The number of nitrogens with one attached hydrogen (secondary N) is 1. The van der Waals surface area contributed by atoms with Gasteiger partial charge in [0.15, 0.2) is 0 Å². The van der Waals surface area contributed by atoms with Crippen molar-refractivity contribution in [3.8, 4) is 11.5 Å². The molecule has 156 valence electrons. The van der Waals surface area contributed by atoms with E-state index in [4.69, 9.17) is 4.74 Å². The van der Waals surface area contributed by atoms with Crippen LogP contribution in [0, 0.1) is 0 Å². The summed E-state index contributed by atoms with van der Waals surface area (Å²) in [6, 6.07) is 8.36. The third-order valence-electron chi connectivity index (χ3n) is 4.16.